The summed E-state index contributed by atoms with van der Waals surface area (Å²) >= 11 is 0. The fourth-order valence-corrected chi connectivity index (χ4v) is 4.97. The van der Waals surface area contributed by atoms with Crippen molar-refractivity contribution in [1.29, 1.82) is 0 Å². The van der Waals surface area contributed by atoms with E-state index in [1.807, 2.05) is 56.3 Å². The molecular formula is C34H43N7O6. The van der Waals surface area contributed by atoms with Gasteiger partial charge in [0.05, 0.1) is 19.0 Å². The lowest BCUT2D eigenvalue weighted by Gasteiger charge is -2.26. The quantitative estimate of drug-likeness (QED) is 0.134. The highest BCUT2D eigenvalue weighted by Gasteiger charge is 2.33. The van der Waals surface area contributed by atoms with E-state index in [2.05, 4.69) is 31.2 Å². The summed E-state index contributed by atoms with van der Waals surface area (Å²) in [6.07, 6.45) is 5.18. The Hall–Kier alpha value is -5.20. The van der Waals surface area contributed by atoms with Crippen LogP contribution in [0.15, 0.2) is 61.2 Å². The molecule has 47 heavy (non-hydrogen) atoms. The number of nitrogens with one attached hydrogen (secondary N) is 4. The second-order valence-corrected chi connectivity index (χ2v) is 12.0. The van der Waals surface area contributed by atoms with Crippen LogP contribution in [0.4, 0.5) is 0 Å². The number of hydrogen-bond acceptors (Lipinski definition) is 8. The number of hydrogen-bond donors (Lipinski definition) is 5. The monoisotopic (exact) mass is 645 g/mol. The number of rotatable bonds is 17. The van der Waals surface area contributed by atoms with Crippen molar-refractivity contribution in [3.8, 4) is 0 Å². The maximum atomic E-state index is 13.4. The van der Waals surface area contributed by atoms with Gasteiger partial charge in [-0.3, -0.25) is 28.8 Å². The number of fused-ring (bicyclic) bond motifs is 1. The molecule has 0 bridgehead atoms. The van der Waals surface area contributed by atoms with E-state index in [0.29, 0.717) is 12.0 Å². The van der Waals surface area contributed by atoms with Crippen LogP contribution >= 0.6 is 0 Å². The Morgan fingerprint density at radius 3 is 2.11 bits per heavy atom. The third-order valence-corrected chi connectivity index (χ3v) is 7.70. The van der Waals surface area contributed by atoms with Crippen molar-refractivity contribution in [2.45, 2.75) is 71.5 Å². The molecule has 1 heterocycles. The molecule has 0 aliphatic heterocycles. The number of carbonyl (C=O) groups excluding carboxylic acids is 6. The summed E-state index contributed by atoms with van der Waals surface area (Å²) in [4.78, 5) is 84.8. The number of ketones is 1. The second kappa shape index (κ2) is 17.5. The van der Waals surface area contributed by atoms with Gasteiger partial charge in [0.15, 0.2) is 0 Å². The maximum Gasteiger partial charge on any atom is 0.290 e. The first-order valence-electron chi connectivity index (χ1n) is 15.6. The maximum absolute atomic E-state index is 13.4. The molecule has 6 N–H and O–H groups in total. The van der Waals surface area contributed by atoms with Crippen LogP contribution in [0.25, 0.3) is 10.8 Å². The van der Waals surface area contributed by atoms with Crippen LogP contribution in [0, 0.1) is 11.8 Å². The molecule has 5 amide bonds. The SMILES string of the molecule is CC[C@H](C)C(NC(=O)[C@H](CC(C)C)NC(=O)Cc1cncnc1)C(=O)C(=O)NCC(=O)N[C@@H](Cc1ccc2ccccc2c1)C(N)=O. The lowest BCUT2D eigenvalue weighted by atomic mass is 9.93. The molecule has 250 valence electrons. The lowest BCUT2D eigenvalue weighted by Crippen LogP contribution is -2.57. The van der Waals surface area contributed by atoms with Gasteiger partial charge in [-0.2, -0.15) is 0 Å². The van der Waals surface area contributed by atoms with Crippen LogP contribution in [0.1, 0.15) is 51.7 Å². The average molecular weight is 646 g/mol. The van der Waals surface area contributed by atoms with Gasteiger partial charge in [-0.1, -0.05) is 76.6 Å². The van der Waals surface area contributed by atoms with Crippen LogP contribution in [0.3, 0.4) is 0 Å². The molecule has 0 aliphatic carbocycles. The standard InChI is InChI=1S/C34H43N7O6/c1-5-21(4)30(41-33(46)27(12-20(2)3)40-28(42)15-23-16-36-19-37-17-23)31(44)34(47)38-18-29(43)39-26(32(35)45)14-22-10-11-24-8-6-7-9-25(24)13-22/h6-11,13,16-17,19-21,26-27,30H,5,12,14-15,18H2,1-4H3,(H2,35,45)(H,38,47)(H,39,43)(H,40,42)(H,41,46)/t21-,26-,27-,30?/m0/s1. The second-order valence-electron chi connectivity index (χ2n) is 12.0. The zero-order chi connectivity index (χ0) is 34.5. The van der Waals surface area contributed by atoms with Gasteiger partial charge in [-0.25, -0.2) is 9.97 Å². The predicted octanol–water partition coefficient (Wildman–Crippen LogP) is 1.13. The van der Waals surface area contributed by atoms with Crippen LogP contribution in [0.5, 0.6) is 0 Å². The van der Waals surface area contributed by atoms with Crippen molar-refractivity contribution in [1.82, 2.24) is 31.2 Å². The minimum Gasteiger partial charge on any atom is -0.368 e. The molecule has 1 unspecified atom stereocenters. The number of aromatic nitrogens is 2. The first-order valence-corrected chi connectivity index (χ1v) is 15.6. The molecule has 13 nitrogen and oxygen atoms in total. The highest BCUT2D eigenvalue weighted by Crippen LogP contribution is 2.17. The van der Waals surface area contributed by atoms with Crippen molar-refractivity contribution in [2.24, 2.45) is 17.6 Å². The molecular weight excluding hydrogens is 602 g/mol. The number of Topliss-reactive ketones (excluding diaryl/α,β-unsaturated/α-hetero) is 1. The van der Waals surface area contributed by atoms with Gasteiger partial charge in [0.25, 0.3) is 5.91 Å². The minimum atomic E-state index is -1.21. The Kier molecular flexibility index (Phi) is 13.5. The molecule has 0 saturated heterocycles. The van der Waals surface area contributed by atoms with Crippen molar-refractivity contribution < 1.29 is 28.8 Å². The Bertz CT molecular complexity index is 1580. The molecule has 0 radical (unpaired) electrons. The fraction of sp³-hybridized carbons (Fsp3) is 0.412. The number of nitrogens with zero attached hydrogens (tertiary/aromatic N) is 2. The molecule has 3 rings (SSSR count). The van der Waals surface area contributed by atoms with E-state index >= 15 is 0 Å². The van der Waals surface area contributed by atoms with Crippen LogP contribution in [-0.2, 0) is 41.6 Å². The van der Waals surface area contributed by atoms with Gasteiger partial charge in [-0.05, 0) is 40.2 Å². The number of primary amides is 1. The minimum absolute atomic E-state index is 0.0242. The molecule has 0 aliphatic rings. The average Bonchev–Trinajstić information content (AvgIpc) is 3.04. The molecule has 4 atom stereocenters. The van der Waals surface area contributed by atoms with E-state index in [9.17, 15) is 28.8 Å². The van der Waals surface area contributed by atoms with Gasteiger partial charge in [0.1, 0.15) is 18.4 Å². The summed E-state index contributed by atoms with van der Waals surface area (Å²) in [6.45, 7) is 6.69. The molecule has 1 aromatic heterocycles. The number of nitrogens with two attached hydrogens (primary N) is 1. The van der Waals surface area contributed by atoms with Crippen LogP contribution in [-0.4, -0.2) is 70.0 Å². The summed E-state index contributed by atoms with van der Waals surface area (Å²) in [5.74, 6) is -4.95. The summed E-state index contributed by atoms with van der Waals surface area (Å²) in [5.41, 5.74) is 6.89. The molecule has 0 saturated carbocycles. The van der Waals surface area contributed by atoms with Crippen molar-refractivity contribution >= 4 is 46.1 Å². The van der Waals surface area contributed by atoms with E-state index in [1.165, 1.54) is 18.7 Å². The van der Waals surface area contributed by atoms with E-state index < -0.39 is 65.9 Å². The highest BCUT2D eigenvalue weighted by molar-refractivity contribution is 6.38. The smallest absolute Gasteiger partial charge is 0.290 e. The lowest BCUT2D eigenvalue weighted by molar-refractivity contribution is -0.142. The summed E-state index contributed by atoms with van der Waals surface area (Å²) in [5, 5.41) is 12.1. The highest BCUT2D eigenvalue weighted by atomic mass is 16.2. The number of benzene rings is 2. The summed E-state index contributed by atoms with van der Waals surface area (Å²) in [6, 6.07) is 10.1. The van der Waals surface area contributed by atoms with Crippen LogP contribution < -0.4 is 27.0 Å². The fourth-order valence-electron chi connectivity index (χ4n) is 4.97. The number of carbonyl (C=O) groups is 6. The van der Waals surface area contributed by atoms with Gasteiger partial charge >= 0.3 is 0 Å². The third kappa shape index (κ3) is 11.3. The largest absolute Gasteiger partial charge is 0.368 e. The van der Waals surface area contributed by atoms with Crippen LogP contribution in [0.2, 0.25) is 0 Å². The van der Waals surface area contributed by atoms with Crippen molar-refractivity contribution in [2.75, 3.05) is 6.54 Å². The summed E-state index contributed by atoms with van der Waals surface area (Å²) in [7, 11) is 0. The molecule has 0 spiro atoms. The van der Waals surface area contributed by atoms with E-state index in [-0.39, 0.29) is 25.2 Å². The molecule has 3 aromatic rings. The Morgan fingerprint density at radius 2 is 1.47 bits per heavy atom. The first kappa shape index (κ1) is 36.3. The van der Waals surface area contributed by atoms with Gasteiger partial charge in [-0.15, -0.1) is 0 Å². The zero-order valence-electron chi connectivity index (χ0n) is 27.1. The molecule has 13 heteroatoms. The van der Waals surface area contributed by atoms with Gasteiger partial charge in [0.2, 0.25) is 29.4 Å². The van der Waals surface area contributed by atoms with E-state index in [0.717, 1.165) is 16.3 Å². The van der Waals surface area contributed by atoms with Crippen molar-refractivity contribution in [3.05, 3.63) is 72.3 Å². The third-order valence-electron chi connectivity index (χ3n) is 7.70. The van der Waals surface area contributed by atoms with E-state index in [1.54, 1.807) is 13.8 Å². The van der Waals surface area contributed by atoms with Crippen molar-refractivity contribution in [3.63, 3.8) is 0 Å². The number of amides is 5. The molecule has 0 fully saturated rings. The molecule has 2 aromatic carbocycles. The first-order chi connectivity index (χ1) is 22.4. The van der Waals surface area contributed by atoms with Gasteiger partial charge < -0.3 is 27.0 Å². The topological polar surface area (TPSA) is 202 Å². The Balaban J connectivity index is 1.60. The zero-order valence-corrected chi connectivity index (χ0v) is 27.1. The predicted molar refractivity (Wildman–Crippen MR) is 175 cm³/mol. The van der Waals surface area contributed by atoms with E-state index in [4.69, 9.17) is 5.73 Å². The summed E-state index contributed by atoms with van der Waals surface area (Å²) < 4.78 is 0. The Morgan fingerprint density at radius 1 is 0.809 bits per heavy atom. The normalized spacial score (nSPS) is 13.6. The Labute approximate surface area is 273 Å². The van der Waals surface area contributed by atoms with Gasteiger partial charge in [0, 0.05) is 18.8 Å².